The van der Waals surface area contributed by atoms with Gasteiger partial charge in [-0.1, -0.05) is 54.6 Å². The van der Waals surface area contributed by atoms with E-state index in [-0.39, 0.29) is 18.0 Å². The first kappa shape index (κ1) is 16.6. The van der Waals surface area contributed by atoms with Crippen molar-refractivity contribution >= 4 is 22.4 Å². The number of carbonyl (C=O) groups excluding carboxylic acids is 1. The third-order valence-electron chi connectivity index (χ3n) is 5.63. The molecule has 3 aromatic carbocycles. The van der Waals surface area contributed by atoms with Crippen molar-refractivity contribution < 1.29 is 4.79 Å². The van der Waals surface area contributed by atoms with Gasteiger partial charge in [0.1, 0.15) is 0 Å². The third-order valence-corrected chi connectivity index (χ3v) is 5.63. The summed E-state index contributed by atoms with van der Waals surface area (Å²) in [6.45, 7) is 5.96. The van der Waals surface area contributed by atoms with Crippen LogP contribution in [0.2, 0.25) is 0 Å². The van der Waals surface area contributed by atoms with E-state index in [1.54, 1.807) is 0 Å². The third kappa shape index (κ3) is 2.84. The highest BCUT2D eigenvalue weighted by Gasteiger charge is 2.34. The minimum Gasteiger partial charge on any atom is -0.365 e. The van der Waals surface area contributed by atoms with Gasteiger partial charge in [-0.25, -0.2) is 0 Å². The molecule has 26 heavy (non-hydrogen) atoms. The van der Waals surface area contributed by atoms with Crippen LogP contribution in [0.25, 0.3) is 10.8 Å². The molecule has 0 aromatic heterocycles. The number of anilines is 1. The molecule has 2 atom stereocenters. The van der Waals surface area contributed by atoms with Crippen LogP contribution >= 0.6 is 0 Å². The molecule has 0 spiro atoms. The second-order valence-electron chi connectivity index (χ2n) is 7.04. The summed E-state index contributed by atoms with van der Waals surface area (Å²) in [6.07, 6.45) is 0. The molecule has 0 N–H and O–H groups in total. The highest BCUT2D eigenvalue weighted by Crippen LogP contribution is 2.27. The maximum atomic E-state index is 13.3. The van der Waals surface area contributed by atoms with Crippen molar-refractivity contribution in [2.24, 2.45) is 0 Å². The number of hydrogen-bond donors (Lipinski definition) is 0. The summed E-state index contributed by atoms with van der Waals surface area (Å²) in [5.74, 6) is 0.133. The van der Waals surface area contributed by atoms with Gasteiger partial charge >= 0.3 is 0 Å². The van der Waals surface area contributed by atoms with Crippen molar-refractivity contribution in [2.45, 2.75) is 25.9 Å². The minimum absolute atomic E-state index is 0.133. The van der Waals surface area contributed by atoms with Gasteiger partial charge in [-0.3, -0.25) is 4.79 Å². The molecular weight excluding hydrogens is 320 g/mol. The maximum absolute atomic E-state index is 13.3. The molecule has 1 amide bonds. The van der Waals surface area contributed by atoms with Gasteiger partial charge in [0.05, 0.1) is 0 Å². The number of carbonyl (C=O) groups is 1. The number of para-hydroxylation sites is 1. The van der Waals surface area contributed by atoms with Crippen LogP contribution < -0.4 is 4.90 Å². The van der Waals surface area contributed by atoms with E-state index >= 15 is 0 Å². The summed E-state index contributed by atoms with van der Waals surface area (Å²) in [6, 6.07) is 25.0. The lowest BCUT2D eigenvalue weighted by molar-refractivity contribution is 0.0636. The van der Waals surface area contributed by atoms with Gasteiger partial charge in [0.25, 0.3) is 5.91 Å². The smallest absolute Gasteiger partial charge is 0.254 e. The molecule has 4 rings (SSSR count). The molecule has 132 valence electrons. The van der Waals surface area contributed by atoms with Gasteiger partial charge in [0, 0.05) is 36.4 Å². The molecule has 0 saturated carbocycles. The Bertz CT molecular complexity index is 916. The molecule has 1 aliphatic heterocycles. The van der Waals surface area contributed by atoms with Crippen molar-refractivity contribution in [1.29, 1.82) is 0 Å². The van der Waals surface area contributed by atoms with Crippen LogP contribution in [0.15, 0.2) is 72.8 Å². The van der Waals surface area contributed by atoms with Crippen LogP contribution in [0.5, 0.6) is 0 Å². The Morgan fingerprint density at radius 2 is 1.50 bits per heavy atom. The summed E-state index contributed by atoms with van der Waals surface area (Å²) in [4.78, 5) is 17.8. The molecule has 1 heterocycles. The fraction of sp³-hybridized carbons (Fsp3) is 0.261. The highest BCUT2D eigenvalue weighted by atomic mass is 16.2. The lowest BCUT2D eigenvalue weighted by Crippen LogP contribution is -2.59. The first-order valence-corrected chi connectivity index (χ1v) is 9.27. The quantitative estimate of drug-likeness (QED) is 0.679. The van der Waals surface area contributed by atoms with Crippen LogP contribution in [0.3, 0.4) is 0 Å². The number of fused-ring (bicyclic) bond motifs is 1. The van der Waals surface area contributed by atoms with Gasteiger partial charge < -0.3 is 9.80 Å². The Hall–Kier alpha value is -2.81. The summed E-state index contributed by atoms with van der Waals surface area (Å²) < 4.78 is 0. The van der Waals surface area contributed by atoms with Gasteiger partial charge in [0.15, 0.2) is 0 Å². The van der Waals surface area contributed by atoms with Crippen molar-refractivity contribution in [2.75, 3.05) is 18.0 Å². The van der Waals surface area contributed by atoms with E-state index in [4.69, 9.17) is 0 Å². The second kappa shape index (κ2) is 6.83. The number of nitrogens with zero attached hydrogens (tertiary/aromatic N) is 2. The number of hydrogen-bond acceptors (Lipinski definition) is 2. The molecule has 0 unspecified atom stereocenters. The van der Waals surface area contributed by atoms with E-state index in [0.717, 1.165) is 29.4 Å². The molecule has 3 aromatic rings. The van der Waals surface area contributed by atoms with Gasteiger partial charge in [0.2, 0.25) is 0 Å². The zero-order valence-corrected chi connectivity index (χ0v) is 15.3. The summed E-state index contributed by atoms with van der Waals surface area (Å²) >= 11 is 0. The fourth-order valence-electron chi connectivity index (χ4n) is 3.98. The average Bonchev–Trinajstić information content (AvgIpc) is 2.70. The molecule has 1 fully saturated rings. The molecule has 0 bridgehead atoms. The zero-order chi connectivity index (χ0) is 18.1. The second-order valence-corrected chi connectivity index (χ2v) is 7.04. The van der Waals surface area contributed by atoms with Crippen LogP contribution in [0.4, 0.5) is 5.69 Å². The van der Waals surface area contributed by atoms with E-state index < -0.39 is 0 Å². The standard InChI is InChI=1S/C23H24N2O/c1-17-18(2)25(16-15-24(17)20-11-4-3-5-12-20)23(26)22-14-8-10-19-9-6-7-13-21(19)22/h3-14,17-18H,15-16H2,1-2H3/t17-,18+/m0/s1. The normalized spacial score (nSPS) is 20.4. The van der Waals surface area contributed by atoms with Crippen molar-refractivity contribution in [3.63, 3.8) is 0 Å². The van der Waals surface area contributed by atoms with Crippen LogP contribution in [-0.2, 0) is 0 Å². The summed E-state index contributed by atoms with van der Waals surface area (Å²) in [7, 11) is 0. The van der Waals surface area contributed by atoms with Gasteiger partial charge in [-0.05, 0) is 42.8 Å². The van der Waals surface area contributed by atoms with E-state index in [1.807, 2.05) is 41.3 Å². The molecule has 1 saturated heterocycles. The number of rotatable bonds is 2. The van der Waals surface area contributed by atoms with E-state index in [9.17, 15) is 4.79 Å². The van der Waals surface area contributed by atoms with E-state index in [2.05, 4.69) is 55.1 Å². The number of amides is 1. The Morgan fingerprint density at radius 3 is 2.31 bits per heavy atom. The Morgan fingerprint density at radius 1 is 0.808 bits per heavy atom. The number of benzene rings is 3. The highest BCUT2D eigenvalue weighted by molar-refractivity contribution is 6.07. The zero-order valence-electron chi connectivity index (χ0n) is 15.3. The molecule has 0 radical (unpaired) electrons. The lowest BCUT2D eigenvalue weighted by Gasteiger charge is -2.46. The molecule has 1 aliphatic rings. The molecular formula is C23H24N2O. The Kier molecular flexibility index (Phi) is 4.37. The molecule has 3 nitrogen and oxygen atoms in total. The fourth-order valence-corrected chi connectivity index (χ4v) is 3.98. The Labute approximate surface area is 154 Å². The lowest BCUT2D eigenvalue weighted by atomic mass is 9.99. The topological polar surface area (TPSA) is 23.6 Å². The SMILES string of the molecule is C[C@@H]1[C@H](C)N(c2ccccc2)CCN1C(=O)c1cccc2ccccc12. The molecule has 0 aliphatic carbocycles. The summed E-state index contributed by atoms with van der Waals surface area (Å²) in [5, 5.41) is 2.15. The average molecular weight is 344 g/mol. The van der Waals surface area contributed by atoms with Crippen LogP contribution in [-0.4, -0.2) is 36.0 Å². The first-order valence-electron chi connectivity index (χ1n) is 9.27. The minimum atomic E-state index is 0.133. The van der Waals surface area contributed by atoms with E-state index in [0.29, 0.717) is 0 Å². The maximum Gasteiger partial charge on any atom is 0.254 e. The van der Waals surface area contributed by atoms with Gasteiger partial charge in [-0.15, -0.1) is 0 Å². The Balaban J connectivity index is 1.62. The van der Waals surface area contributed by atoms with Gasteiger partial charge in [-0.2, -0.15) is 0 Å². The number of piperazine rings is 1. The predicted octanol–water partition coefficient (Wildman–Crippen LogP) is 4.58. The van der Waals surface area contributed by atoms with Crippen LogP contribution in [0, 0.1) is 0 Å². The molecule has 3 heteroatoms. The van der Waals surface area contributed by atoms with Crippen molar-refractivity contribution in [1.82, 2.24) is 4.90 Å². The largest absolute Gasteiger partial charge is 0.365 e. The van der Waals surface area contributed by atoms with Crippen LogP contribution in [0.1, 0.15) is 24.2 Å². The first-order chi connectivity index (χ1) is 12.7. The monoisotopic (exact) mass is 344 g/mol. The van der Waals surface area contributed by atoms with Crippen molar-refractivity contribution in [3.05, 3.63) is 78.4 Å². The summed E-state index contributed by atoms with van der Waals surface area (Å²) in [5.41, 5.74) is 2.03. The van der Waals surface area contributed by atoms with E-state index in [1.165, 1.54) is 5.69 Å². The predicted molar refractivity (Wildman–Crippen MR) is 108 cm³/mol. The van der Waals surface area contributed by atoms with Crippen molar-refractivity contribution in [3.8, 4) is 0 Å².